The Morgan fingerprint density at radius 1 is 0.367 bits per heavy atom. The van der Waals surface area contributed by atoms with Crippen molar-refractivity contribution in [3.63, 3.8) is 0 Å². The fraction of sp³-hybridized carbons (Fsp3) is 0.143. The third-order valence-corrected chi connectivity index (χ3v) is 11.3. The molecule has 0 heterocycles. The summed E-state index contributed by atoms with van der Waals surface area (Å²) in [6, 6.07) is 56.2. The first-order valence-electron chi connectivity index (χ1n) is 18.4. The molecule has 0 nitrogen and oxygen atoms in total. The number of benzene rings is 8. The summed E-state index contributed by atoms with van der Waals surface area (Å²) in [5, 5.41) is 7.75. The van der Waals surface area contributed by atoms with Crippen molar-refractivity contribution in [3.8, 4) is 44.5 Å². The van der Waals surface area contributed by atoms with Crippen LogP contribution in [-0.2, 0) is 6.42 Å². The Labute approximate surface area is 290 Å². The van der Waals surface area contributed by atoms with Gasteiger partial charge in [-0.2, -0.15) is 0 Å². The zero-order valence-corrected chi connectivity index (χ0v) is 27.7. The van der Waals surface area contributed by atoms with Crippen LogP contribution in [0.1, 0.15) is 56.1 Å². The van der Waals surface area contributed by atoms with Crippen LogP contribution in [0.3, 0.4) is 0 Å². The third kappa shape index (κ3) is 4.73. The average Bonchev–Trinajstić information content (AvgIpc) is 3.58. The topological polar surface area (TPSA) is 0 Å². The van der Waals surface area contributed by atoms with Crippen molar-refractivity contribution in [1.82, 2.24) is 0 Å². The number of hydrogen-bond donors (Lipinski definition) is 0. The molecule has 0 unspecified atom stereocenters. The molecule has 1 fully saturated rings. The minimum absolute atomic E-state index is 0.565. The molecule has 0 spiro atoms. The summed E-state index contributed by atoms with van der Waals surface area (Å²) in [4.78, 5) is 0. The van der Waals surface area contributed by atoms with Crippen molar-refractivity contribution < 1.29 is 1.37 Å². The molecule has 1 saturated carbocycles. The number of fused-ring (bicyclic) bond motifs is 9. The Morgan fingerprint density at radius 2 is 0.898 bits per heavy atom. The predicted molar refractivity (Wildman–Crippen MR) is 209 cm³/mol. The molecular weight excluding hydrogens is 589 g/mol. The highest BCUT2D eigenvalue weighted by Gasteiger charge is 2.25. The van der Waals surface area contributed by atoms with Crippen LogP contribution in [0.4, 0.5) is 0 Å². The molecular formula is C49H38. The van der Waals surface area contributed by atoms with Gasteiger partial charge < -0.3 is 0 Å². The molecule has 0 N–H and O–H groups in total. The molecule has 10 rings (SSSR count). The highest BCUT2D eigenvalue weighted by molar-refractivity contribution is 6.25. The monoisotopic (exact) mass is 627 g/mol. The summed E-state index contributed by atoms with van der Waals surface area (Å²) in [5.41, 5.74) is 14.2. The quantitative estimate of drug-likeness (QED) is 0.170. The van der Waals surface area contributed by atoms with E-state index in [-0.39, 0.29) is 0 Å². The summed E-state index contributed by atoms with van der Waals surface area (Å²) >= 11 is 0. The summed E-state index contributed by atoms with van der Waals surface area (Å²) in [6.07, 6.45) is 6.22. The van der Waals surface area contributed by atoms with Crippen LogP contribution in [0.2, 0.25) is 0 Å². The second kappa shape index (κ2) is 11.6. The fourth-order valence-electron chi connectivity index (χ4n) is 8.90. The first-order chi connectivity index (χ1) is 24.6. The number of hydrogen-bond acceptors (Lipinski definition) is 0. The molecule has 0 amide bonds. The lowest BCUT2D eigenvalue weighted by molar-refractivity contribution is 0.444. The van der Waals surface area contributed by atoms with E-state index < -0.39 is 5.89 Å². The molecule has 0 aliphatic heterocycles. The minimum atomic E-state index is -0.565. The fourth-order valence-corrected chi connectivity index (χ4v) is 8.90. The Morgan fingerprint density at radius 3 is 1.55 bits per heavy atom. The number of rotatable bonds is 4. The highest BCUT2D eigenvalue weighted by Crippen LogP contribution is 2.47. The van der Waals surface area contributed by atoms with E-state index in [1.165, 1.54) is 94.4 Å². The summed E-state index contributed by atoms with van der Waals surface area (Å²) in [5.74, 6) is -0.565. The van der Waals surface area contributed by atoms with Gasteiger partial charge in [0.25, 0.3) is 0 Å². The van der Waals surface area contributed by atoms with Gasteiger partial charge in [0.1, 0.15) is 0 Å². The van der Waals surface area contributed by atoms with E-state index in [9.17, 15) is 1.37 Å². The van der Waals surface area contributed by atoms with E-state index in [0.29, 0.717) is 0 Å². The summed E-state index contributed by atoms with van der Waals surface area (Å²) in [6.45, 7) is 0. The van der Waals surface area contributed by atoms with Crippen LogP contribution in [0, 0.1) is 0 Å². The van der Waals surface area contributed by atoms with Gasteiger partial charge in [0.05, 0.1) is 0 Å². The Kier molecular flexibility index (Phi) is 6.51. The molecule has 0 heteroatoms. The Hall–Kier alpha value is -5.46. The highest BCUT2D eigenvalue weighted by atomic mass is 14.3. The van der Waals surface area contributed by atoms with Gasteiger partial charge in [-0.3, -0.25) is 0 Å². The zero-order chi connectivity index (χ0) is 33.2. The molecule has 0 bridgehead atoms. The normalized spacial score (nSPS) is 15.3. The molecule has 8 aromatic carbocycles. The van der Waals surface area contributed by atoms with Crippen LogP contribution in [0.15, 0.2) is 152 Å². The lowest BCUT2D eigenvalue weighted by Gasteiger charge is -2.24. The van der Waals surface area contributed by atoms with Crippen LogP contribution in [-0.4, -0.2) is 0 Å². The van der Waals surface area contributed by atoms with E-state index in [1.807, 2.05) is 0 Å². The summed E-state index contributed by atoms with van der Waals surface area (Å²) < 4.78 is 9.79. The molecule has 0 aromatic heterocycles. The van der Waals surface area contributed by atoms with Gasteiger partial charge >= 0.3 is 0 Å². The zero-order valence-electron chi connectivity index (χ0n) is 28.7. The van der Waals surface area contributed by atoms with Gasteiger partial charge in [0, 0.05) is 1.37 Å². The van der Waals surface area contributed by atoms with E-state index in [0.717, 1.165) is 37.7 Å². The smallest absolute Gasteiger partial charge is 0.0352 e. The first-order valence-corrected chi connectivity index (χ1v) is 17.9. The van der Waals surface area contributed by atoms with Gasteiger partial charge in [-0.05, 0) is 131 Å². The lowest BCUT2D eigenvalue weighted by atomic mass is 9.81. The summed E-state index contributed by atoms with van der Waals surface area (Å²) in [7, 11) is 0. The van der Waals surface area contributed by atoms with Gasteiger partial charge in [-0.1, -0.05) is 159 Å². The molecule has 0 atom stereocenters. The third-order valence-electron chi connectivity index (χ3n) is 11.3. The average molecular weight is 628 g/mol. The van der Waals surface area contributed by atoms with Crippen LogP contribution in [0.25, 0.3) is 76.8 Å². The van der Waals surface area contributed by atoms with Crippen molar-refractivity contribution in [2.45, 2.75) is 44.4 Å². The van der Waals surface area contributed by atoms with E-state index in [4.69, 9.17) is 0 Å². The van der Waals surface area contributed by atoms with Crippen molar-refractivity contribution in [1.29, 1.82) is 0 Å². The Balaban J connectivity index is 1.17. The molecule has 49 heavy (non-hydrogen) atoms. The van der Waals surface area contributed by atoms with Gasteiger partial charge in [0.2, 0.25) is 0 Å². The molecule has 2 aliphatic rings. The second-order valence-electron chi connectivity index (χ2n) is 14.0. The van der Waals surface area contributed by atoms with Gasteiger partial charge in [-0.25, -0.2) is 0 Å². The van der Waals surface area contributed by atoms with E-state index in [1.54, 1.807) is 0 Å². The van der Waals surface area contributed by atoms with Crippen molar-refractivity contribution >= 4 is 32.3 Å². The molecule has 2 aliphatic carbocycles. The van der Waals surface area contributed by atoms with Crippen LogP contribution in [0.5, 0.6) is 0 Å². The standard InChI is InChI=1S/C49H38/c1-3-13-32(14-4-1)35-27-36(34-25-26-46-42-19-8-7-17-40(42)41-18-9-10-20-43(41)47(46)30-34)29-37(28-35)39-22-12-24-45-44-23-11-21-38(48(44)31-49(39)45)33-15-5-2-6-16-33/h2,5-12,15-30,32H,1,3-4,13-14,31H2/i32D. The largest absolute Gasteiger partial charge is 0.0622 e. The maximum Gasteiger partial charge on any atom is 0.0352 e. The van der Waals surface area contributed by atoms with Gasteiger partial charge in [0.15, 0.2) is 0 Å². The molecule has 8 aromatic rings. The molecule has 0 radical (unpaired) electrons. The lowest BCUT2D eigenvalue weighted by Crippen LogP contribution is -2.05. The van der Waals surface area contributed by atoms with Crippen LogP contribution < -0.4 is 0 Å². The molecule has 234 valence electrons. The maximum atomic E-state index is 9.79. The van der Waals surface area contributed by atoms with E-state index in [2.05, 4.69) is 152 Å². The minimum Gasteiger partial charge on any atom is -0.0622 e. The van der Waals surface area contributed by atoms with Crippen molar-refractivity contribution in [2.75, 3.05) is 0 Å². The molecule has 0 saturated heterocycles. The van der Waals surface area contributed by atoms with Gasteiger partial charge in [-0.15, -0.1) is 0 Å². The second-order valence-corrected chi connectivity index (χ2v) is 14.0. The first kappa shape index (κ1) is 27.5. The van der Waals surface area contributed by atoms with Crippen molar-refractivity contribution in [3.05, 3.63) is 168 Å². The van der Waals surface area contributed by atoms with Crippen molar-refractivity contribution in [2.24, 2.45) is 0 Å². The van der Waals surface area contributed by atoms with E-state index >= 15 is 0 Å². The predicted octanol–water partition coefficient (Wildman–Crippen LogP) is 13.8. The van der Waals surface area contributed by atoms with Crippen LogP contribution >= 0.6 is 0 Å². The Bertz CT molecular complexity index is 2570. The SMILES string of the molecule is [2H]C1(c2cc(-c3ccc4c5ccccc5c5ccccc5c4c3)cc(-c3cccc4c3Cc3c(-c5ccccc5)cccc3-4)c2)CCCCC1. The maximum absolute atomic E-state index is 9.79.